The minimum Gasteiger partial charge on any atom is -0.355 e. The molecular weight excluding hydrogens is 422 g/mol. The van der Waals surface area contributed by atoms with Crippen molar-refractivity contribution < 1.29 is 0 Å². The molecule has 0 radical (unpaired) electrons. The standard InChI is InChI=1S/C27H33N7/c1-30-16-18-31(19-17-30)27-12-6-11-26-29-23(21-33(26)27)25-10-4-5-14-32(25)20-22-8-2-3-9-24(22)34-15-7-13-28-34/h2-3,6-9,11-13,15,21,25H,4-5,10,14,16-20H2,1H3. The maximum atomic E-state index is 5.14. The number of rotatable bonds is 5. The average Bonchev–Trinajstić information content (AvgIpc) is 3.56. The zero-order chi connectivity index (χ0) is 22.9. The second-order valence-corrected chi connectivity index (χ2v) is 9.63. The van der Waals surface area contributed by atoms with Gasteiger partial charge in [0.05, 0.1) is 17.4 Å². The number of fused-ring (bicyclic) bond motifs is 1. The van der Waals surface area contributed by atoms with E-state index in [1.807, 2.05) is 23.1 Å². The van der Waals surface area contributed by atoms with Gasteiger partial charge < -0.3 is 9.80 Å². The van der Waals surface area contributed by atoms with Crippen LogP contribution in [0.15, 0.2) is 67.1 Å². The molecule has 1 aromatic carbocycles. The molecule has 0 amide bonds. The molecule has 7 heteroatoms. The van der Waals surface area contributed by atoms with Crippen molar-refractivity contribution in [2.45, 2.75) is 31.8 Å². The van der Waals surface area contributed by atoms with Crippen LogP contribution >= 0.6 is 0 Å². The normalized spacial score (nSPS) is 20.3. The Morgan fingerprint density at radius 1 is 0.912 bits per heavy atom. The van der Waals surface area contributed by atoms with Crippen molar-refractivity contribution in [2.24, 2.45) is 0 Å². The largest absolute Gasteiger partial charge is 0.355 e. The Bertz CT molecular complexity index is 1240. The van der Waals surface area contributed by atoms with E-state index in [-0.39, 0.29) is 0 Å². The van der Waals surface area contributed by atoms with Crippen molar-refractivity contribution >= 4 is 11.5 Å². The number of hydrogen-bond acceptors (Lipinski definition) is 5. The number of aromatic nitrogens is 4. The van der Waals surface area contributed by atoms with E-state index in [0.29, 0.717) is 6.04 Å². The first-order valence-electron chi connectivity index (χ1n) is 12.5. The summed E-state index contributed by atoms with van der Waals surface area (Å²) in [7, 11) is 2.20. The lowest BCUT2D eigenvalue weighted by molar-refractivity contribution is 0.137. The number of pyridine rings is 1. The second kappa shape index (κ2) is 9.24. The van der Waals surface area contributed by atoms with E-state index in [2.05, 4.69) is 79.9 Å². The van der Waals surface area contributed by atoms with Crippen molar-refractivity contribution in [3.63, 3.8) is 0 Å². The summed E-state index contributed by atoms with van der Waals surface area (Å²) in [5.74, 6) is 1.26. The van der Waals surface area contributed by atoms with Crippen LogP contribution < -0.4 is 4.90 Å². The highest BCUT2D eigenvalue weighted by atomic mass is 15.3. The summed E-state index contributed by atoms with van der Waals surface area (Å²) in [4.78, 5) is 12.6. The summed E-state index contributed by atoms with van der Waals surface area (Å²) in [6.45, 7) is 6.32. The van der Waals surface area contributed by atoms with Crippen molar-refractivity contribution in [3.05, 3.63) is 78.4 Å². The van der Waals surface area contributed by atoms with Crippen LogP contribution in [0.2, 0.25) is 0 Å². The molecule has 3 aromatic heterocycles. The van der Waals surface area contributed by atoms with Gasteiger partial charge in [-0.15, -0.1) is 0 Å². The first-order valence-corrected chi connectivity index (χ1v) is 12.5. The quantitative estimate of drug-likeness (QED) is 0.455. The van der Waals surface area contributed by atoms with Gasteiger partial charge in [-0.2, -0.15) is 5.10 Å². The third-order valence-corrected chi connectivity index (χ3v) is 7.39. The van der Waals surface area contributed by atoms with Crippen LogP contribution in [0.3, 0.4) is 0 Å². The summed E-state index contributed by atoms with van der Waals surface area (Å²) >= 11 is 0. The summed E-state index contributed by atoms with van der Waals surface area (Å²) < 4.78 is 4.28. The number of benzene rings is 1. The molecule has 0 saturated carbocycles. The number of likely N-dealkylation sites (tertiary alicyclic amines) is 1. The van der Waals surface area contributed by atoms with Crippen molar-refractivity contribution in [2.75, 3.05) is 44.7 Å². The van der Waals surface area contributed by atoms with Gasteiger partial charge in [0.25, 0.3) is 0 Å². The van der Waals surface area contributed by atoms with E-state index in [1.165, 1.54) is 29.9 Å². The van der Waals surface area contributed by atoms with Gasteiger partial charge >= 0.3 is 0 Å². The van der Waals surface area contributed by atoms with Gasteiger partial charge in [-0.1, -0.05) is 30.7 Å². The topological polar surface area (TPSA) is 44.8 Å². The number of anilines is 1. The molecule has 5 heterocycles. The smallest absolute Gasteiger partial charge is 0.138 e. The third-order valence-electron chi connectivity index (χ3n) is 7.39. The molecule has 1 unspecified atom stereocenters. The first-order chi connectivity index (χ1) is 16.8. The number of piperidine rings is 1. The molecule has 176 valence electrons. The van der Waals surface area contributed by atoms with E-state index in [0.717, 1.165) is 57.0 Å². The van der Waals surface area contributed by atoms with Crippen LogP contribution in [0.25, 0.3) is 11.3 Å². The molecule has 34 heavy (non-hydrogen) atoms. The minimum atomic E-state index is 0.333. The molecule has 2 aliphatic rings. The minimum absolute atomic E-state index is 0.333. The van der Waals surface area contributed by atoms with E-state index >= 15 is 0 Å². The first kappa shape index (κ1) is 21.4. The van der Waals surface area contributed by atoms with Crippen LogP contribution in [-0.4, -0.2) is 68.7 Å². The molecule has 2 aliphatic heterocycles. The fourth-order valence-corrected chi connectivity index (χ4v) is 5.48. The molecule has 0 bridgehead atoms. The number of imidazole rings is 1. The van der Waals surface area contributed by atoms with E-state index in [4.69, 9.17) is 4.98 Å². The second-order valence-electron chi connectivity index (χ2n) is 9.63. The zero-order valence-corrected chi connectivity index (χ0v) is 19.9. The molecule has 0 aliphatic carbocycles. The molecule has 1 atom stereocenters. The van der Waals surface area contributed by atoms with Crippen molar-refractivity contribution in [3.8, 4) is 5.69 Å². The highest BCUT2D eigenvalue weighted by molar-refractivity contribution is 5.53. The van der Waals surface area contributed by atoms with Crippen LogP contribution in [0.1, 0.15) is 36.6 Å². The monoisotopic (exact) mass is 455 g/mol. The fourth-order valence-electron chi connectivity index (χ4n) is 5.48. The Morgan fingerprint density at radius 3 is 2.65 bits per heavy atom. The Balaban J connectivity index is 1.30. The zero-order valence-electron chi connectivity index (χ0n) is 19.9. The molecule has 0 spiro atoms. The average molecular weight is 456 g/mol. The highest BCUT2D eigenvalue weighted by Gasteiger charge is 2.27. The van der Waals surface area contributed by atoms with Gasteiger partial charge in [0.2, 0.25) is 0 Å². The van der Waals surface area contributed by atoms with Crippen LogP contribution in [0, 0.1) is 0 Å². The van der Waals surface area contributed by atoms with Crippen molar-refractivity contribution in [1.29, 1.82) is 0 Å². The van der Waals surface area contributed by atoms with Crippen LogP contribution in [0.5, 0.6) is 0 Å². The van der Waals surface area contributed by atoms with Crippen LogP contribution in [0.4, 0.5) is 5.82 Å². The van der Waals surface area contributed by atoms with Gasteiger partial charge in [0.15, 0.2) is 0 Å². The van der Waals surface area contributed by atoms with Gasteiger partial charge in [-0.05, 0) is 56.3 Å². The van der Waals surface area contributed by atoms with Gasteiger partial charge in [0.1, 0.15) is 11.5 Å². The molecule has 6 rings (SSSR count). The van der Waals surface area contributed by atoms with Gasteiger partial charge in [-0.3, -0.25) is 9.30 Å². The Hall–Kier alpha value is -3.16. The number of piperazine rings is 1. The summed E-state index contributed by atoms with van der Waals surface area (Å²) in [5.41, 5.74) is 4.70. The molecule has 2 fully saturated rings. The highest BCUT2D eigenvalue weighted by Crippen LogP contribution is 2.33. The Morgan fingerprint density at radius 2 is 1.79 bits per heavy atom. The predicted octanol–water partition coefficient (Wildman–Crippen LogP) is 4.00. The van der Waals surface area contributed by atoms with E-state index in [1.54, 1.807) is 0 Å². The maximum Gasteiger partial charge on any atom is 0.138 e. The number of hydrogen-bond donors (Lipinski definition) is 0. The molecule has 7 nitrogen and oxygen atoms in total. The molecule has 4 aromatic rings. The van der Waals surface area contributed by atoms with Crippen LogP contribution in [-0.2, 0) is 6.54 Å². The Kier molecular flexibility index (Phi) is 5.81. The number of likely N-dealkylation sites (N-methyl/N-ethyl adjacent to an activating group) is 1. The van der Waals surface area contributed by atoms with Gasteiger partial charge in [0, 0.05) is 51.3 Å². The van der Waals surface area contributed by atoms with E-state index < -0.39 is 0 Å². The third kappa shape index (κ3) is 4.10. The number of para-hydroxylation sites is 1. The SMILES string of the molecule is CN1CCN(c2cccc3nc(C4CCCCN4Cc4ccccc4-n4cccn4)cn23)CC1. The number of nitrogens with zero attached hydrogens (tertiary/aromatic N) is 7. The predicted molar refractivity (Wildman–Crippen MR) is 135 cm³/mol. The summed E-state index contributed by atoms with van der Waals surface area (Å²) in [6, 6.07) is 17.5. The molecule has 0 N–H and O–H groups in total. The lowest BCUT2D eigenvalue weighted by Crippen LogP contribution is -2.45. The summed E-state index contributed by atoms with van der Waals surface area (Å²) in [5, 5.41) is 4.48. The molecular formula is C27H33N7. The van der Waals surface area contributed by atoms with Crippen molar-refractivity contribution in [1.82, 2.24) is 29.0 Å². The Labute approximate surface area is 201 Å². The lowest BCUT2D eigenvalue weighted by Gasteiger charge is -2.35. The fraction of sp³-hybridized carbons (Fsp3) is 0.407. The van der Waals surface area contributed by atoms with E-state index in [9.17, 15) is 0 Å². The maximum absolute atomic E-state index is 5.14. The lowest BCUT2D eigenvalue weighted by atomic mass is 9.98. The molecule has 2 saturated heterocycles. The van der Waals surface area contributed by atoms with Gasteiger partial charge in [-0.25, -0.2) is 9.67 Å². The summed E-state index contributed by atoms with van der Waals surface area (Å²) in [6.07, 6.45) is 9.80.